The number of carbonyl (C=O) groups is 1. The molecule has 4 rings (SSSR count). The second-order valence-electron chi connectivity index (χ2n) is 6.86. The third-order valence-corrected chi connectivity index (χ3v) is 8.64. The highest BCUT2D eigenvalue weighted by Gasteiger charge is 2.54. The molecule has 5 atom stereocenters. The van der Waals surface area contributed by atoms with Gasteiger partial charge in [0.05, 0.1) is 17.5 Å². The van der Waals surface area contributed by atoms with Crippen LogP contribution in [-0.2, 0) is 14.6 Å². The quantitative estimate of drug-likeness (QED) is 0.726. The van der Waals surface area contributed by atoms with E-state index in [1.54, 1.807) is 0 Å². The normalized spacial score (nSPS) is 45.5. The number of thioether (sulfide) groups is 1. The average Bonchev–Trinajstić information content (AvgIpc) is 3.07. The number of sulfone groups is 1. The molecule has 2 heterocycles. The van der Waals surface area contributed by atoms with Crippen LogP contribution < -0.4 is 0 Å². The third kappa shape index (κ3) is 2.32. The molecule has 4 aliphatic rings. The summed E-state index contributed by atoms with van der Waals surface area (Å²) in [5.41, 5.74) is 0. The van der Waals surface area contributed by atoms with Crippen molar-refractivity contribution < 1.29 is 13.2 Å². The Balaban J connectivity index is 1.67. The SMILES string of the molecule is CC(=O)N=C1S[C@@H]2CS(=O)(=O)C[C@H]2N1[C@H]1C[C@H]2CC[C@H]1C2. The van der Waals surface area contributed by atoms with Crippen molar-refractivity contribution in [2.45, 2.75) is 49.9 Å². The first-order valence-corrected chi connectivity index (χ1v) is 10.4. The maximum absolute atomic E-state index is 11.9. The number of carbonyl (C=O) groups excluding carboxylic acids is 1. The molecule has 1 amide bonds. The smallest absolute Gasteiger partial charge is 0.244 e. The highest BCUT2D eigenvalue weighted by atomic mass is 32.2. The first-order chi connectivity index (χ1) is 9.93. The van der Waals surface area contributed by atoms with Gasteiger partial charge in [0, 0.05) is 18.2 Å². The molecule has 116 valence electrons. The van der Waals surface area contributed by atoms with Gasteiger partial charge >= 0.3 is 0 Å². The summed E-state index contributed by atoms with van der Waals surface area (Å²) in [6, 6.07) is 0.431. The third-order valence-electron chi connectivity index (χ3n) is 5.42. The fraction of sp³-hybridized carbons (Fsp3) is 0.857. The van der Waals surface area contributed by atoms with Gasteiger partial charge in [-0.2, -0.15) is 4.99 Å². The molecule has 21 heavy (non-hydrogen) atoms. The van der Waals surface area contributed by atoms with E-state index in [0.29, 0.717) is 12.0 Å². The Kier molecular flexibility index (Phi) is 3.16. The Hall–Kier alpha value is -0.560. The van der Waals surface area contributed by atoms with Gasteiger partial charge in [0.15, 0.2) is 15.0 Å². The first kappa shape index (κ1) is 14.1. The Labute approximate surface area is 129 Å². The lowest BCUT2D eigenvalue weighted by Crippen LogP contribution is -2.47. The summed E-state index contributed by atoms with van der Waals surface area (Å²) in [6.07, 6.45) is 4.97. The Morgan fingerprint density at radius 1 is 1.24 bits per heavy atom. The van der Waals surface area contributed by atoms with Crippen LogP contribution in [-0.4, -0.2) is 53.2 Å². The van der Waals surface area contributed by atoms with E-state index in [0.717, 1.165) is 17.5 Å². The van der Waals surface area contributed by atoms with E-state index >= 15 is 0 Å². The zero-order valence-corrected chi connectivity index (χ0v) is 13.7. The number of nitrogens with zero attached hydrogens (tertiary/aromatic N) is 2. The number of hydrogen-bond donors (Lipinski definition) is 0. The van der Waals surface area contributed by atoms with Crippen molar-refractivity contribution in [1.29, 1.82) is 0 Å². The second kappa shape index (κ2) is 4.72. The molecule has 0 aromatic rings. The molecule has 0 N–H and O–H groups in total. The van der Waals surface area contributed by atoms with Gasteiger partial charge in [-0.15, -0.1) is 0 Å². The highest BCUT2D eigenvalue weighted by Crippen LogP contribution is 2.51. The van der Waals surface area contributed by atoms with Crippen molar-refractivity contribution in [2.75, 3.05) is 11.5 Å². The zero-order chi connectivity index (χ0) is 14.8. The van der Waals surface area contributed by atoms with E-state index in [4.69, 9.17) is 0 Å². The van der Waals surface area contributed by atoms with Crippen molar-refractivity contribution >= 4 is 32.7 Å². The molecule has 0 radical (unpaired) electrons. The van der Waals surface area contributed by atoms with Crippen LogP contribution in [0.2, 0.25) is 0 Å². The number of amidine groups is 1. The Morgan fingerprint density at radius 2 is 2.05 bits per heavy atom. The van der Waals surface area contributed by atoms with E-state index in [9.17, 15) is 13.2 Å². The molecule has 2 saturated heterocycles. The van der Waals surface area contributed by atoms with Gasteiger partial charge in [-0.05, 0) is 31.1 Å². The molecule has 0 aromatic heterocycles. The molecule has 2 aliphatic carbocycles. The fourth-order valence-electron chi connectivity index (χ4n) is 4.67. The van der Waals surface area contributed by atoms with Crippen LogP contribution in [0, 0.1) is 11.8 Å². The van der Waals surface area contributed by atoms with Gasteiger partial charge in [-0.25, -0.2) is 8.42 Å². The van der Waals surface area contributed by atoms with Crippen LogP contribution in [0.1, 0.15) is 32.6 Å². The van der Waals surface area contributed by atoms with Crippen molar-refractivity contribution in [3.63, 3.8) is 0 Å². The van der Waals surface area contributed by atoms with Crippen LogP contribution in [0.25, 0.3) is 0 Å². The molecular weight excluding hydrogens is 308 g/mol. The lowest BCUT2D eigenvalue weighted by Gasteiger charge is -2.36. The van der Waals surface area contributed by atoms with Crippen molar-refractivity contribution in [3.8, 4) is 0 Å². The summed E-state index contributed by atoms with van der Waals surface area (Å²) in [6.45, 7) is 1.47. The van der Waals surface area contributed by atoms with Gasteiger partial charge in [0.1, 0.15) is 0 Å². The van der Waals surface area contributed by atoms with E-state index < -0.39 is 9.84 Å². The summed E-state index contributed by atoms with van der Waals surface area (Å²) < 4.78 is 23.9. The van der Waals surface area contributed by atoms with Crippen LogP contribution in [0.15, 0.2) is 4.99 Å². The number of amides is 1. The number of aliphatic imine (C=N–C) groups is 1. The lowest BCUT2D eigenvalue weighted by atomic mass is 9.93. The summed E-state index contributed by atoms with van der Waals surface area (Å²) in [5.74, 6) is 1.73. The summed E-state index contributed by atoms with van der Waals surface area (Å²) >= 11 is 1.51. The molecular formula is C14H20N2O3S2. The fourth-order valence-corrected chi connectivity index (χ4v) is 8.68. The topological polar surface area (TPSA) is 66.8 Å². The molecule has 4 fully saturated rings. The molecule has 2 bridgehead atoms. The molecule has 5 nitrogen and oxygen atoms in total. The molecule has 0 aromatic carbocycles. The maximum atomic E-state index is 11.9. The number of rotatable bonds is 1. The molecule has 0 unspecified atom stereocenters. The van der Waals surface area contributed by atoms with Gasteiger partial charge in [-0.1, -0.05) is 18.2 Å². The predicted molar refractivity (Wildman–Crippen MR) is 83.0 cm³/mol. The maximum Gasteiger partial charge on any atom is 0.244 e. The second-order valence-corrected chi connectivity index (χ2v) is 10.2. The van der Waals surface area contributed by atoms with Gasteiger partial charge in [0.25, 0.3) is 0 Å². The summed E-state index contributed by atoms with van der Waals surface area (Å²) in [4.78, 5) is 17.8. The van der Waals surface area contributed by atoms with Crippen LogP contribution in [0.4, 0.5) is 0 Å². The molecule has 7 heteroatoms. The highest BCUT2D eigenvalue weighted by molar-refractivity contribution is 8.15. The van der Waals surface area contributed by atoms with Crippen molar-refractivity contribution in [2.24, 2.45) is 16.8 Å². The van der Waals surface area contributed by atoms with Crippen molar-refractivity contribution in [3.05, 3.63) is 0 Å². The van der Waals surface area contributed by atoms with Crippen molar-refractivity contribution in [1.82, 2.24) is 4.90 Å². The minimum absolute atomic E-state index is 0.0300. The lowest BCUT2D eigenvalue weighted by molar-refractivity contribution is -0.115. The number of fused-ring (bicyclic) bond motifs is 3. The minimum Gasteiger partial charge on any atom is -0.343 e. The van der Waals surface area contributed by atoms with E-state index in [1.165, 1.54) is 37.9 Å². The summed E-state index contributed by atoms with van der Waals surface area (Å²) in [5, 5.41) is 0.845. The van der Waals surface area contributed by atoms with E-state index in [-0.39, 0.29) is 28.7 Å². The van der Waals surface area contributed by atoms with Crippen LogP contribution >= 0.6 is 11.8 Å². The Bertz CT molecular complexity index is 616. The minimum atomic E-state index is -2.94. The monoisotopic (exact) mass is 328 g/mol. The first-order valence-electron chi connectivity index (χ1n) is 7.67. The van der Waals surface area contributed by atoms with Crippen LogP contribution in [0.3, 0.4) is 0 Å². The van der Waals surface area contributed by atoms with Gasteiger partial charge in [0.2, 0.25) is 5.91 Å². The molecule has 2 aliphatic heterocycles. The number of hydrogen-bond acceptors (Lipinski definition) is 4. The molecule has 0 spiro atoms. The van der Waals surface area contributed by atoms with E-state index in [1.807, 2.05) is 0 Å². The van der Waals surface area contributed by atoms with Gasteiger partial charge in [-0.3, -0.25) is 4.79 Å². The largest absolute Gasteiger partial charge is 0.343 e. The average molecular weight is 328 g/mol. The predicted octanol–water partition coefficient (Wildman–Crippen LogP) is 1.29. The standard InChI is InChI=1S/C14H20N2O3S2/c1-8(17)15-14-16(11-5-9-2-3-10(11)4-9)12-6-21(18,19)7-13(12)20-14/h9-13H,2-7H2,1H3/t9-,10-,11-,12+,13+/m0/s1. The van der Waals surface area contributed by atoms with Gasteiger partial charge < -0.3 is 4.90 Å². The zero-order valence-electron chi connectivity index (χ0n) is 12.1. The van der Waals surface area contributed by atoms with Crippen LogP contribution in [0.5, 0.6) is 0 Å². The van der Waals surface area contributed by atoms with E-state index in [2.05, 4.69) is 9.89 Å². The summed E-state index contributed by atoms with van der Waals surface area (Å²) in [7, 11) is -2.94. The molecule has 2 saturated carbocycles. The Morgan fingerprint density at radius 3 is 2.67 bits per heavy atom.